The van der Waals surface area contributed by atoms with Gasteiger partial charge in [0.05, 0.1) is 11.9 Å². The van der Waals surface area contributed by atoms with Crippen molar-refractivity contribution < 1.29 is 0 Å². The third-order valence-electron chi connectivity index (χ3n) is 2.13. The van der Waals surface area contributed by atoms with Crippen molar-refractivity contribution in [1.29, 1.82) is 0 Å². The molecule has 0 atom stereocenters. The Morgan fingerprint density at radius 1 is 1.33 bits per heavy atom. The first-order valence-corrected chi connectivity index (χ1v) is 5.63. The molecular weight excluding hydrogens is 210 g/mol. The summed E-state index contributed by atoms with van der Waals surface area (Å²) in [6, 6.07) is 2.30. The molecule has 0 unspecified atom stereocenters. The summed E-state index contributed by atoms with van der Waals surface area (Å²) in [5, 5.41) is 8.07. The van der Waals surface area contributed by atoms with Gasteiger partial charge in [-0.25, -0.2) is 0 Å². The number of halogens is 1. The zero-order chi connectivity index (χ0) is 11.4. The molecule has 1 aromatic rings. The van der Waals surface area contributed by atoms with Gasteiger partial charge in [-0.05, 0) is 19.8 Å². The highest BCUT2D eigenvalue weighted by atomic mass is 35.5. The summed E-state index contributed by atoms with van der Waals surface area (Å²) in [6.07, 6.45) is 1.76. The first kappa shape index (κ1) is 12.2. The highest BCUT2D eigenvalue weighted by Gasteiger charge is 2.12. The average molecular weight is 228 g/mol. The van der Waals surface area contributed by atoms with Crippen LogP contribution in [0.1, 0.15) is 27.7 Å². The Hall–Kier alpha value is -0.830. The van der Waals surface area contributed by atoms with Crippen LogP contribution in [0.25, 0.3) is 0 Å². The maximum Gasteiger partial charge on any atom is 0.153 e. The van der Waals surface area contributed by atoms with Crippen LogP contribution in [0.5, 0.6) is 0 Å². The second kappa shape index (κ2) is 5.31. The van der Waals surface area contributed by atoms with Crippen molar-refractivity contribution in [2.45, 2.75) is 33.7 Å². The predicted molar refractivity (Wildman–Crippen MR) is 64.4 cm³/mol. The molecule has 4 heteroatoms. The minimum absolute atomic E-state index is 0.438. The molecule has 0 aliphatic rings. The van der Waals surface area contributed by atoms with E-state index in [-0.39, 0.29) is 0 Å². The number of rotatable bonds is 4. The molecule has 0 N–H and O–H groups in total. The summed E-state index contributed by atoms with van der Waals surface area (Å²) in [4.78, 5) is 2.28. The van der Waals surface area contributed by atoms with Gasteiger partial charge in [-0.15, -0.1) is 5.10 Å². The molecule has 0 aromatic carbocycles. The lowest BCUT2D eigenvalue weighted by molar-refractivity contribution is 0.570. The SMILES string of the molecule is CC(C)CN(c1cnnc(Cl)c1)C(C)C. The van der Waals surface area contributed by atoms with Gasteiger partial charge in [0.15, 0.2) is 5.15 Å². The van der Waals surface area contributed by atoms with Crippen LogP contribution in [-0.4, -0.2) is 22.8 Å². The zero-order valence-corrected chi connectivity index (χ0v) is 10.5. The molecule has 0 amide bonds. The Kier molecular flexibility index (Phi) is 4.33. The van der Waals surface area contributed by atoms with Crippen LogP contribution >= 0.6 is 11.6 Å². The summed E-state index contributed by atoms with van der Waals surface area (Å²) in [5.41, 5.74) is 1.04. The fourth-order valence-electron chi connectivity index (χ4n) is 1.50. The van der Waals surface area contributed by atoms with Crippen molar-refractivity contribution in [3.05, 3.63) is 17.4 Å². The molecule has 0 aliphatic carbocycles. The van der Waals surface area contributed by atoms with Crippen LogP contribution in [0.2, 0.25) is 5.15 Å². The molecule has 3 nitrogen and oxygen atoms in total. The fourth-order valence-corrected chi connectivity index (χ4v) is 1.65. The topological polar surface area (TPSA) is 29.0 Å². The van der Waals surface area contributed by atoms with E-state index in [1.165, 1.54) is 0 Å². The van der Waals surface area contributed by atoms with Gasteiger partial charge in [-0.1, -0.05) is 25.4 Å². The second-order valence-corrected chi connectivity index (χ2v) is 4.76. The molecule has 1 aromatic heterocycles. The Balaban J connectivity index is 2.88. The fraction of sp³-hybridized carbons (Fsp3) is 0.636. The molecule has 0 saturated heterocycles. The standard InChI is InChI=1S/C11H18ClN3/c1-8(2)7-15(9(3)4)10-5-11(12)14-13-6-10/h5-6,8-9H,7H2,1-4H3. The van der Waals surface area contributed by atoms with Crippen molar-refractivity contribution in [2.75, 3.05) is 11.4 Å². The Morgan fingerprint density at radius 3 is 2.47 bits per heavy atom. The maximum absolute atomic E-state index is 5.83. The van der Waals surface area contributed by atoms with E-state index >= 15 is 0 Å². The van der Waals surface area contributed by atoms with Gasteiger partial charge in [0, 0.05) is 18.7 Å². The first-order valence-electron chi connectivity index (χ1n) is 5.25. The lowest BCUT2D eigenvalue weighted by Gasteiger charge is -2.30. The van der Waals surface area contributed by atoms with Gasteiger partial charge < -0.3 is 4.90 Å². The predicted octanol–water partition coefficient (Wildman–Crippen LogP) is 3.00. The number of hydrogen-bond donors (Lipinski definition) is 0. The molecule has 15 heavy (non-hydrogen) atoms. The Bertz CT molecular complexity index is 312. The van der Waals surface area contributed by atoms with E-state index < -0.39 is 0 Å². The smallest absolute Gasteiger partial charge is 0.153 e. The molecule has 1 heterocycles. The van der Waals surface area contributed by atoms with Crippen molar-refractivity contribution >= 4 is 17.3 Å². The van der Waals surface area contributed by atoms with E-state index in [1.807, 2.05) is 6.07 Å². The van der Waals surface area contributed by atoms with Gasteiger partial charge >= 0.3 is 0 Å². The monoisotopic (exact) mass is 227 g/mol. The van der Waals surface area contributed by atoms with E-state index in [1.54, 1.807) is 6.20 Å². The number of hydrogen-bond acceptors (Lipinski definition) is 3. The molecule has 0 fully saturated rings. The minimum Gasteiger partial charge on any atom is -0.367 e. The van der Waals surface area contributed by atoms with Crippen molar-refractivity contribution in [2.24, 2.45) is 5.92 Å². The minimum atomic E-state index is 0.438. The zero-order valence-electron chi connectivity index (χ0n) is 9.74. The van der Waals surface area contributed by atoms with Gasteiger partial charge in [0.1, 0.15) is 0 Å². The van der Waals surface area contributed by atoms with E-state index in [0.717, 1.165) is 12.2 Å². The number of nitrogens with zero attached hydrogens (tertiary/aromatic N) is 3. The van der Waals surface area contributed by atoms with Crippen LogP contribution in [0.4, 0.5) is 5.69 Å². The van der Waals surface area contributed by atoms with Crippen LogP contribution in [0.15, 0.2) is 12.3 Å². The summed E-state index contributed by atoms with van der Waals surface area (Å²) >= 11 is 5.83. The van der Waals surface area contributed by atoms with E-state index in [4.69, 9.17) is 11.6 Å². The lowest BCUT2D eigenvalue weighted by Crippen LogP contribution is -2.34. The summed E-state index contributed by atoms with van der Waals surface area (Å²) in [7, 11) is 0. The summed E-state index contributed by atoms with van der Waals surface area (Å²) < 4.78 is 0. The maximum atomic E-state index is 5.83. The summed E-state index contributed by atoms with van der Waals surface area (Å²) in [6.45, 7) is 9.73. The van der Waals surface area contributed by atoms with Gasteiger partial charge in [0.2, 0.25) is 0 Å². The molecule has 0 bridgehead atoms. The van der Waals surface area contributed by atoms with Crippen molar-refractivity contribution in [1.82, 2.24) is 10.2 Å². The highest BCUT2D eigenvalue weighted by Crippen LogP contribution is 2.19. The number of aromatic nitrogens is 2. The normalized spacial score (nSPS) is 11.1. The summed E-state index contributed by atoms with van der Waals surface area (Å²) in [5.74, 6) is 0.611. The van der Waals surface area contributed by atoms with Gasteiger partial charge in [-0.2, -0.15) is 5.10 Å². The molecule has 0 saturated carbocycles. The van der Waals surface area contributed by atoms with Crippen molar-refractivity contribution in [3.8, 4) is 0 Å². The average Bonchev–Trinajstić information content (AvgIpc) is 2.13. The van der Waals surface area contributed by atoms with Crippen LogP contribution in [0.3, 0.4) is 0 Å². The highest BCUT2D eigenvalue weighted by molar-refractivity contribution is 6.29. The molecular formula is C11H18ClN3. The third-order valence-corrected chi connectivity index (χ3v) is 2.31. The Morgan fingerprint density at radius 2 is 2.00 bits per heavy atom. The molecule has 0 aliphatic heterocycles. The van der Waals surface area contributed by atoms with E-state index in [0.29, 0.717) is 17.1 Å². The quantitative estimate of drug-likeness (QED) is 0.792. The van der Waals surface area contributed by atoms with Crippen LogP contribution < -0.4 is 4.90 Å². The molecule has 1 rings (SSSR count). The Labute approximate surface area is 96.5 Å². The van der Waals surface area contributed by atoms with E-state index in [9.17, 15) is 0 Å². The largest absolute Gasteiger partial charge is 0.367 e. The number of anilines is 1. The third kappa shape index (κ3) is 3.67. The lowest BCUT2D eigenvalue weighted by atomic mass is 10.1. The first-order chi connectivity index (χ1) is 7.00. The van der Waals surface area contributed by atoms with Gasteiger partial charge in [0.25, 0.3) is 0 Å². The second-order valence-electron chi connectivity index (χ2n) is 4.38. The van der Waals surface area contributed by atoms with Crippen LogP contribution in [0, 0.1) is 5.92 Å². The van der Waals surface area contributed by atoms with Gasteiger partial charge in [-0.3, -0.25) is 0 Å². The van der Waals surface area contributed by atoms with Crippen molar-refractivity contribution in [3.63, 3.8) is 0 Å². The molecule has 84 valence electrons. The van der Waals surface area contributed by atoms with E-state index in [2.05, 4.69) is 42.8 Å². The molecule has 0 spiro atoms. The molecule has 0 radical (unpaired) electrons. The van der Waals surface area contributed by atoms with Crippen LogP contribution in [-0.2, 0) is 0 Å².